The Labute approximate surface area is 342 Å². The van der Waals surface area contributed by atoms with Gasteiger partial charge in [-0.15, -0.1) is 0 Å². The second kappa shape index (κ2) is 20.7. The lowest BCUT2D eigenvalue weighted by atomic mass is 9.93. The number of amides is 2. The van der Waals surface area contributed by atoms with Crippen molar-refractivity contribution in [3.63, 3.8) is 0 Å². The maximum absolute atomic E-state index is 12.9. The SMILES string of the molecule is CC(=O)NC1[C@H](O[C@H]2C(O)C(CO)O[C@@H](O)C2NC(C)=O)OC(CO)C(O[C@@H]2OC(CO)C(O)[C@H](O)C2OC2OC(C)[C@H](O)C(O)[C@@H]2O)[C@@H]1O[C@H]1OC(C)C(O)[C@@H](O)C1O. The number of hydrogen-bond acceptors (Lipinski definition) is 24. The van der Waals surface area contributed by atoms with Gasteiger partial charge in [0.2, 0.25) is 11.8 Å². The highest BCUT2D eigenvalue weighted by atomic mass is 16.8. The van der Waals surface area contributed by atoms with Gasteiger partial charge in [0, 0.05) is 13.8 Å². The van der Waals surface area contributed by atoms with Crippen LogP contribution in [0, 0.1) is 0 Å². The van der Waals surface area contributed by atoms with Gasteiger partial charge in [-0.05, 0) is 13.8 Å². The molecule has 0 saturated carbocycles. The third-order valence-corrected chi connectivity index (χ3v) is 11.0. The lowest BCUT2D eigenvalue weighted by molar-refractivity contribution is -0.396. The number of ether oxygens (including phenoxy) is 9. The summed E-state index contributed by atoms with van der Waals surface area (Å²) >= 11 is 0. The van der Waals surface area contributed by atoms with Gasteiger partial charge in [0.15, 0.2) is 31.5 Å². The molecule has 26 heteroatoms. The van der Waals surface area contributed by atoms with Crippen molar-refractivity contribution in [3.8, 4) is 0 Å². The Hall–Kier alpha value is -1.94. The van der Waals surface area contributed by atoms with Crippen molar-refractivity contribution in [1.29, 1.82) is 0 Å². The summed E-state index contributed by atoms with van der Waals surface area (Å²) < 4.78 is 52.7. The van der Waals surface area contributed by atoms with Crippen LogP contribution in [0.2, 0.25) is 0 Å². The predicted octanol–water partition coefficient (Wildman–Crippen LogP) is -9.58. The quantitative estimate of drug-likeness (QED) is 0.0817. The monoisotopic (exact) mass is 878 g/mol. The zero-order valence-electron chi connectivity index (χ0n) is 32.9. The fraction of sp³-hybridized carbons (Fsp3) is 0.941. The molecule has 0 aromatic heterocycles. The van der Waals surface area contributed by atoms with E-state index in [0.29, 0.717) is 0 Å². The average molecular weight is 879 g/mol. The fourth-order valence-corrected chi connectivity index (χ4v) is 7.70. The van der Waals surface area contributed by atoms with Gasteiger partial charge in [-0.1, -0.05) is 0 Å². The fourth-order valence-electron chi connectivity index (χ4n) is 7.70. The number of carbonyl (C=O) groups is 2. The van der Waals surface area contributed by atoms with Crippen LogP contribution < -0.4 is 10.6 Å². The van der Waals surface area contributed by atoms with Crippen molar-refractivity contribution in [2.45, 2.75) is 181 Å². The number of hydrogen-bond donors (Lipinski definition) is 15. The van der Waals surface area contributed by atoms with E-state index in [4.69, 9.17) is 42.6 Å². The molecular weight excluding hydrogens is 820 g/mol. The molecule has 0 aromatic carbocycles. The van der Waals surface area contributed by atoms with E-state index in [-0.39, 0.29) is 0 Å². The number of aliphatic hydroxyl groups excluding tert-OH is 13. The van der Waals surface area contributed by atoms with Gasteiger partial charge >= 0.3 is 0 Å². The molecule has 0 aliphatic carbocycles. The molecule has 5 aliphatic heterocycles. The molecule has 5 aliphatic rings. The maximum atomic E-state index is 12.9. The van der Waals surface area contributed by atoms with E-state index in [2.05, 4.69) is 10.6 Å². The van der Waals surface area contributed by atoms with E-state index in [1.54, 1.807) is 0 Å². The van der Waals surface area contributed by atoms with Gasteiger partial charge in [0.25, 0.3) is 0 Å². The van der Waals surface area contributed by atoms with E-state index in [1.165, 1.54) is 13.8 Å². The second-order valence-electron chi connectivity index (χ2n) is 15.4. The van der Waals surface area contributed by atoms with Crippen molar-refractivity contribution in [2.75, 3.05) is 19.8 Å². The van der Waals surface area contributed by atoms with E-state index in [9.17, 15) is 76.0 Å². The molecule has 2 amide bonds. The summed E-state index contributed by atoms with van der Waals surface area (Å²) in [6.07, 6.45) is -40.4. The van der Waals surface area contributed by atoms with Gasteiger partial charge in [-0.3, -0.25) is 9.59 Å². The smallest absolute Gasteiger partial charge is 0.217 e. The van der Waals surface area contributed by atoms with Crippen molar-refractivity contribution in [3.05, 3.63) is 0 Å². The highest BCUT2D eigenvalue weighted by Crippen LogP contribution is 2.37. The van der Waals surface area contributed by atoms with Crippen LogP contribution in [0.1, 0.15) is 27.7 Å². The Morgan fingerprint density at radius 2 is 0.867 bits per heavy atom. The molecule has 0 spiro atoms. The molecule has 5 fully saturated rings. The Morgan fingerprint density at radius 3 is 1.37 bits per heavy atom. The Balaban J connectivity index is 1.57. The van der Waals surface area contributed by atoms with Gasteiger partial charge < -0.3 is 120 Å². The molecule has 15 N–H and O–H groups in total. The summed E-state index contributed by atoms with van der Waals surface area (Å²) in [5.41, 5.74) is 0. The molecule has 5 heterocycles. The summed E-state index contributed by atoms with van der Waals surface area (Å²) in [7, 11) is 0. The van der Waals surface area contributed by atoms with Crippen LogP contribution in [0.4, 0.5) is 0 Å². The summed E-state index contributed by atoms with van der Waals surface area (Å²) in [5, 5.41) is 143. The van der Waals surface area contributed by atoms with Crippen molar-refractivity contribution < 1.29 is 119 Å². The summed E-state index contributed by atoms with van der Waals surface area (Å²) in [5.74, 6) is -1.54. The topological polar surface area (TPSA) is 404 Å². The molecule has 26 nitrogen and oxygen atoms in total. The van der Waals surface area contributed by atoms with Crippen LogP contribution in [0.5, 0.6) is 0 Å². The maximum Gasteiger partial charge on any atom is 0.217 e. The molecule has 348 valence electrons. The molecule has 60 heavy (non-hydrogen) atoms. The lowest BCUT2D eigenvalue weighted by Crippen LogP contribution is -2.72. The third kappa shape index (κ3) is 10.4. The standard InChI is InChI=1S/C34H58N2O24/c1-8-17(42)21(46)24(49)32(52-8)59-28-16(36-11(4)41)31(58-27-15(35-10(3)40)30(51)54-13(6-38)20(27)45)56-14(7-39)26(28)57-34-29(23(48)19(44)12(5-37)55-34)60-33-25(50)22(47)18(43)9(2)53-33/h8-9,12-34,37-39,42-51H,5-7H2,1-4H3,(H,35,40)(H,36,41)/t8?,9?,12?,13?,14?,15?,16?,17?,18-,19?,20?,21+,22?,23-,24?,25-,26?,27+,28+,29?,30+,31-,32+,33?,34-/m0/s1. The van der Waals surface area contributed by atoms with Crippen molar-refractivity contribution in [2.24, 2.45) is 0 Å². The van der Waals surface area contributed by atoms with Crippen LogP contribution in [0.15, 0.2) is 0 Å². The number of aliphatic hydroxyl groups is 13. The Bertz CT molecular complexity index is 1410. The van der Waals surface area contributed by atoms with Gasteiger partial charge in [-0.25, -0.2) is 0 Å². The number of carbonyl (C=O) groups excluding carboxylic acids is 2. The summed E-state index contributed by atoms with van der Waals surface area (Å²) in [6.45, 7) is 2.00. The largest absolute Gasteiger partial charge is 0.394 e. The Morgan fingerprint density at radius 1 is 0.433 bits per heavy atom. The van der Waals surface area contributed by atoms with Crippen LogP contribution >= 0.6 is 0 Å². The van der Waals surface area contributed by atoms with E-state index in [1.807, 2.05) is 0 Å². The molecule has 25 atom stereocenters. The van der Waals surface area contributed by atoms with Crippen molar-refractivity contribution >= 4 is 11.8 Å². The second-order valence-corrected chi connectivity index (χ2v) is 15.4. The van der Waals surface area contributed by atoms with Crippen molar-refractivity contribution in [1.82, 2.24) is 10.6 Å². The van der Waals surface area contributed by atoms with Gasteiger partial charge in [-0.2, -0.15) is 0 Å². The molecule has 0 aromatic rings. The minimum Gasteiger partial charge on any atom is -0.394 e. The van der Waals surface area contributed by atoms with Crippen LogP contribution in [-0.2, 0) is 52.2 Å². The average Bonchev–Trinajstić information content (AvgIpc) is 3.20. The molecule has 15 unspecified atom stereocenters. The highest BCUT2D eigenvalue weighted by Gasteiger charge is 2.58. The predicted molar refractivity (Wildman–Crippen MR) is 187 cm³/mol. The lowest BCUT2D eigenvalue weighted by Gasteiger charge is -2.52. The molecule has 0 bridgehead atoms. The number of nitrogens with one attached hydrogen (secondary N) is 2. The Kier molecular flexibility index (Phi) is 16.9. The summed E-state index contributed by atoms with van der Waals surface area (Å²) in [4.78, 5) is 25.0. The van der Waals surface area contributed by atoms with E-state index >= 15 is 0 Å². The first-order valence-electron chi connectivity index (χ1n) is 19.3. The first kappa shape index (κ1) is 49.1. The highest BCUT2D eigenvalue weighted by molar-refractivity contribution is 5.73. The molecule has 5 saturated heterocycles. The van der Waals surface area contributed by atoms with E-state index < -0.39 is 185 Å². The van der Waals surface area contributed by atoms with Crippen LogP contribution in [-0.4, -0.2) is 251 Å². The first-order chi connectivity index (χ1) is 28.2. The molecule has 5 rings (SSSR count). The minimum atomic E-state index is -2.03. The third-order valence-electron chi connectivity index (χ3n) is 11.0. The van der Waals surface area contributed by atoms with Crippen LogP contribution in [0.25, 0.3) is 0 Å². The van der Waals surface area contributed by atoms with Gasteiger partial charge in [0.05, 0.1) is 32.0 Å². The zero-order valence-corrected chi connectivity index (χ0v) is 32.9. The summed E-state index contributed by atoms with van der Waals surface area (Å²) in [6, 6.07) is -3.27. The molecular formula is C34H58N2O24. The first-order valence-corrected chi connectivity index (χ1v) is 19.3. The molecule has 0 radical (unpaired) electrons. The number of rotatable bonds is 13. The van der Waals surface area contributed by atoms with E-state index in [0.717, 1.165) is 13.8 Å². The van der Waals surface area contributed by atoms with Gasteiger partial charge in [0.1, 0.15) is 110 Å². The van der Waals surface area contributed by atoms with Crippen LogP contribution in [0.3, 0.4) is 0 Å². The zero-order chi connectivity index (χ0) is 44.5. The normalized spacial score (nSPS) is 50.2. The minimum absolute atomic E-state index is 0.723.